The zero-order valence-corrected chi connectivity index (χ0v) is 19.1. The van der Waals surface area contributed by atoms with E-state index in [4.69, 9.17) is 17.3 Å². The largest absolute Gasteiger partial charge is 0.369 e. The highest BCUT2D eigenvalue weighted by atomic mass is 35.5. The van der Waals surface area contributed by atoms with Crippen LogP contribution in [0, 0.1) is 39.8 Å². The molecule has 5 atom stereocenters. The van der Waals surface area contributed by atoms with Crippen LogP contribution in [0.1, 0.15) is 18.4 Å². The number of fused-ring (bicyclic) bond motifs is 2. The van der Waals surface area contributed by atoms with E-state index in [2.05, 4.69) is 25.8 Å². The zero-order chi connectivity index (χ0) is 24.4. The van der Waals surface area contributed by atoms with Crippen LogP contribution in [0.5, 0.6) is 0 Å². The first-order chi connectivity index (χ1) is 16.3. The summed E-state index contributed by atoms with van der Waals surface area (Å²) in [5.74, 6) is -2.08. The molecular formula is C21H19ClFN7O3S. The van der Waals surface area contributed by atoms with Crippen molar-refractivity contribution in [2.75, 3.05) is 16.4 Å². The molecule has 0 spiro atoms. The molecule has 10 nitrogen and oxygen atoms in total. The minimum atomic E-state index is -0.695. The average molecular weight is 504 g/mol. The highest BCUT2D eigenvalue weighted by Crippen LogP contribution is 2.53. The Morgan fingerprint density at radius 1 is 1.38 bits per heavy atom. The van der Waals surface area contributed by atoms with Gasteiger partial charge in [0.15, 0.2) is 11.6 Å². The fourth-order valence-corrected chi connectivity index (χ4v) is 6.34. The van der Waals surface area contributed by atoms with Gasteiger partial charge < -0.3 is 16.4 Å². The summed E-state index contributed by atoms with van der Waals surface area (Å²) in [6, 6.07) is 5.64. The van der Waals surface area contributed by atoms with E-state index < -0.39 is 23.7 Å². The summed E-state index contributed by atoms with van der Waals surface area (Å²) in [6.45, 7) is 0. The van der Waals surface area contributed by atoms with Crippen LogP contribution in [-0.2, 0) is 9.59 Å². The average Bonchev–Trinajstić information content (AvgIpc) is 3.38. The van der Waals surface area contributed by atoms with Gasteiger partial charge in [0.05, 0.1) is 29.1 Å². The standard InChI is InChI=1S/C21H19ClFN7O3S/c22-21-26-7-13(23)20(29-21)28-18-12-3-10(17(18)19(25)32)4-15(12)34-8-16(31)27-14-5-11(30-33)2-1-9(14)6-24/h1-2,5,7,10,12,15,17-18H,3-4,8H2,(H2,25,32)(H,27,31)(H,26,28,29)/t10-,12+,15+,17-,18+/m0/s1. The molecule has 1 aromatic heterocycles. The van der Waals surface area contributed by atoms with Crippen LogP contribution in [0.15, 0.2) is 29.6 Å². The fraction of sp³-hybridized carbons (Fsp3) is 0.381. The minimum absolute atomic E-state index is 0.00136. The van der Waals surface area contributed by atoms with E-state index in [1.54, 1.807) is 0 Å². The van der Waals surface area contributed by atoms with E-state index in [1.165, 1.54) is 30.0 Å². The third kappa shape index (κ3) is 4.80. The molecule has 176 valence electrons. The number of amides is 2. The maximum Gasteiger partial charge on any atom is 0.234 e. The summed E-state index contributed by atoms with van der Waals surface area (Å²) in [5, 5.41) is 17.6. The van der Waals surface area contributed by atoms with Crippen molar-refractivity contribution in [3.63, 3.8) is 0 Å². The fourth-order valence-electron chi connectivity index (χ4n) is 4.86. The molecule has 1 heterocycles. The number of rotatable bonds is 8. The lowest BCUT2D eigenvalue weighted by Gasteiger charge is -2.34. The van der Waals surface area contributed by atoms with E-state index in [-0.39, 0.29) is 56.8 Å². The highest BCUT2D eigenvalue weighted by Gasteiger charge is 2.55. The molecule has 1 aromatic carbocycles. The number of thioether (sulfide) groups is 1. The quantitative estimate of drug-likeness (QED) is 0.365. The number of nitroso groups, excluding NO2 is 1. The van der Waals surface area contributed by atoms with Gasteiger partial charge in [-0.15, -0.1) is 16.7 Å². The number of nitrogens with zero attached hydrogens (tertiary/aromatic N) is 4. The molecule has 34 heavy (non-hydrogen) atoms. The van der Waals surface area contributed by atoms with Gasteiger partial charge in [0.2, 0.25) is 17.1 Å². The molecule has 2 fully saturated rings. The van der Waals surface area contributed by atoms with Crippen LogP contribution in [0.25, 0.3) is 0 Å². The summed E-state index contributed by atoms with van der Waals surface area (Å²) < 4.78 is 14.2. The minimum Gasteiger partial charge on any atom is -0.369 e. The van der Waals surface area contributed by atoms with Crippen LogP contribution in [-0.4, -0.2) is 38.8 Å². The number of carbonyl (C=O) groups excluding carboxylic acids is 2. The normalized spacial score (nSPS) is 24.9. The van der Waals surface area contributed by atoms with E-state index in [9.17, 15) is 24.1 Å². The number of nitrogens with two attached hydrogens (primary N) is 1. The molecule has 0 unspecified atom stereocenters. The molecular weight excluding hydrogens is 485 g/mol. The number of hydrogen-bond donors (Lipinski definition) is 3. The van der Waals surface area contributed by atoms with Crippen molar-refractivity contribution in [1.82, 2.24) is 9.97 Å². The Morgan fingerprint density at radius 2 is 2.18 bits per heavy atom. The van der Waals surface area contributed by atoms with E-state index in [0.29, 0.717) is 12.8 Å². The van der Waals surface area contributed by atoms with Gasteiger partial charge in [-0.2, -0.15) is 10.2 Å². The molecule has 0 aliphatic heterocycles. The van der Waals surface area contributed by atoms with Crippen molar-refractivity contribution in [2.24, 2.45) is 28.7 Å². The summed E-state index contributed by atoms with van der Waals surface area (Å²) in [7, 11) is 0. The van der Waals surface area contributed by atoms with Gasteiger partial charge in [-0.1, -0.05) is 0 Å². The van der Waals surface area contributed by atoms with Crippen molar-refractivity contribution in [2.45, 2.75) is 24.1 Å². The van der Waals surface area contributed by atoms with Gasteiger partial charge in [-0.3, -0.25) is 9.59 Å². The molecule has 2 aliphatic carbocycles. The second-order valence-electron chi connectivity index (χ2n) is 8.16. The summed E-state index contributed by atoms with van der Waals surface area (Å²) in [6.07, 6.45) is 2.34. The number of carbonyl (C=O) groups is 2. The number of halogens is 2. The SMILES string of the molecule is N#Cc1ccc(N=O)cc1NC(=O)CS[C@@H]1C[C@@H]2C[C@H]1[C@@H](Nc1nc(Cl)ncc1F)[C@H]2C(N)=O. The smallest absolute Gasteiger partial charge is 0.234 e. The van der Waals surface area contributed by atoms with Gasteiger partial charge >= 0.3 is 0 Å². The Kier molecular flexibility index (Phi) is 6.95. The van der Waals surface area contributed by atoms with Crippen molar-refractivity contribution < 1.29 is 14.0 Å². The maximum absolute atomic E-state index is 14.2. The van der Waals surface area contributed by atoms with Gasteiger partial charge in [-0.25, -0.2) is 9.37 Å². The number of anilines is 2. The van der Waals surface area contributed by atoms with Crippen molar-refractivity contribution in [3.05, 3.63) is 46.0 Å². The lowest BCUT2D eigenvalue weighted by atomic mass is 9.83. The Bertz CT molecular complexity index is 1190. The van der Waals surface area contributed by atoms with Crippen molar-refractivity contribution >= 4 is 52.4 Å². The predicted molar refractivity (Wildman–Crippen MR) is 125 cm³/mol. The van der Waals surface area contributed by atoms with Gasteiger partial charge in [0.1, 0.15) is 11.8 Å². The van der Waals surface area contributed by atoms with Crippen molar-refractivity contribution in [3.8, 4) is 6.07 Å². The molecule has 4 rings (SSSR count). The number of hydrogen-bond acceptors (Lipinski definition) is 9. The molecule has 2 amide bonds. The highest BCUT2D eigenvalue weighted by molar-refractivity contribution is 8.00. The summed E-state index contributed by atoms with van der Waals surface area (Å²) in [4.78, 5) is 42.9. The first kappa shape index (κ1) is 23.8. The number of primary amides is 1. The van der Waals surface area contributed by atoms with Crippen LogP contribution >= 0.6 is 23.4 Å². The molecule has 2 saturated carbocycles. The molecule has 13 heteroatoms. The lowest BCUT2D eigenvalue weighted by Crippen LogP contribution is -2.46. The van der Waals surface area contributed by atoms with E-state index in [1.807, 2.05) is 6.07 Å². The van der Waals surface area contributed by atoms with Crippen LogP contribution in [0.3, 0.4) is 0 Å². The lowest BCUT2D eigenvalue weighted by molar-refractivity contribution is -0.123. The molecule has 2 aromatic rings. The first-order valence-corrected chi connectivity index (χ1v) is 11.8. The first-order valence-electron chi connectivity index (χ1n) is 10.3. The number of aromatic nitrogens is 2. The molecule has 0 radical (unpaired) electrons. The third-order valence-electron chi connectivity index (χ3n) is 6.22. The Balaban J connectivity index is 1.43. The zero-order valence-electron chi connectivity index (χ0n) is 17.6. The molecule has 2 bridgehead atoms. The predicted octanol–water partition coefficient (Wildman–Crippen LogP) is 3.20. The van der Waals surface area contributed by atoms with Crippen LogP contribution in [0.4, 0.5) is 21.6 Å². The summed E-state index contributed by atoms with van der Waals surface area (Å²) >= 11 is 7.20. The van der Waals surface area contributed by atoms with Crippen LogP contribution in [0.2, 0.25) is 5.28 Å². The molecule has 0 saturated heterocycles. The molecule has 4 N–H and O–H groups in total. The second-order valence-corrected chi connectivity index (χ2v) is 9.73. The Morgan fingerprint density at radius 3 is 2.88 bits per heavy atom. The van der Waals surface area contributed by atoms with Crippen molar-refractivity contribution in [1.29, 1.82) is 5.26 Å². The van der Waals surface area contributed by atoms with E-state index >= 15 is 0 Å². The van der Waals surface area contributed by atoms with Gasteiger partial charge in [0, 0.05) is 11.3 Å². The van der Waals surface area contributed by atoms with E-state index in [0.717, 1.165) is 6.20 Å². The molecule has 2 aliphatic rings. The number of nitriles is 1. The Hall–Kier alpha value is -3.30. The van der Waals surface area contributed by atoms with Gasteiger partial charge in [-0.05, 0) is 59.7 Å². The number of nitrogens with one attached hydrogen (secondary N) is 2. The number of benzene rings is 1. The monoisotopic (exact) mass is 503 g/mol. The van der Waals surface area contributed by atoms with Gasteiger partial charge in [0.25, 0.3) is 0 Å². The second kappa shape index (κ2) is 9.90. The third-order valence-corrected chi connectivity index (χ3v) is 7.80. The van der Waals surface area contributed by atoms with Crippen LogP contribution < -0.4 is 16.4 Å². The topological polar surface area (TPSA) is 163 Å². The Labute approximate surface area is 202 Å². The summed E-state index contributed by atoms with van der Waals surface area (Å²) in [5.41, 5.74) is 6.16. The maximum atomic E-state index is 14.2.